The average Bonchev–Trinajstić information content (AvgIpc) is 2.30. The fraction of sp³-hybridized carbons (Fsp3) is 1.00. The minimum Gasteiger partial charge on any atom is -0.300 e. The SMILES string of the molecule is CC(C)(C)CCN1CC[C@H](F)C1. The van der Waals surface area contributed by atoms with Gasteiger partial charge in [-0.25, -0.2) is 4.39 Å². The Kier molecular flexibility index (Phi) is 3.10. The number of halogens is 1. The molecule has 0 radical (unpaired) electrons. The molecule has 0 aromatic carbocycles. The Bertz CT molecular complexity index is 139. The van der Waals surface area contributed by atoms with Gasteiger partial charge < -0.3 is 4.90 Å². The van der Waals surface area contributed by atoms with Crippen LogP contribution >= 0.6 is 0 Å². The first-order valence-electron chi connectivity index (χ1n) is 4.84. The van der Waals surface area contributed by atoms with Gasteiger partial charge in [-0.1, -0.05) is 20.8 Å². The largest absolute Gasteiger partial charge is 0.300 e. The molecule has 0 spiro atoms. The molecule has 2 heteroatoms. The van der Waals surface area contributed by atoms with E-state index < -0.39 is 6.17 Å². The van der Waals surface area contributed by atoms with Gasteiger partial charge in [-0.05, 0) is 24.8 Å². The molecule has 0 aromatic heterocycles. The Labute approximate surface area is 74.9 Å². The normalized spacial score (nSPS) is 26.5. The maximum atomic E-state index is 12.8. The summed E-state index contributed by atoms with van der Waals surface area (Å²) in [6.45, 7) is 9.37. The van der Waals surface area contributed by atoms with Gasteiger partial charge in [-0.15, -0.1) is 0 Å². The third kappa shape index (κ3) is 3.53. The Hall–Kier alpha value is -0.110. The Morgan fingerprint density at radius 1 is 1.42 bits per heavy atom. The summed E-state index contributed by atoms with van der Waals surface area (Å²) in [6.07, 6.45) is 1.34. The third-order valence-electron chi connectivity index (χ3n) is 2.39. The Balaban J connectivity index is 2.16. The van der Waals surface area contributed by atoms with Gasteiger partial charge in [-0.2, -0.15) is 0 Å². The zero-order valence-corrected chi connectivity index (χ0v) is 8.44. The molecule has 0 aromatic rings. The van der Waals surface area contributed by atoms with Crippen LogP contribution in [0, 0.1) is 5.41 Å². The summed E-state index contributed by atoms with van der Waals surface area (Å²) in [5.41, 5.74) is 0.383. The molecule has 1 saturated heterocycles. The highest BCUT2D eigenvalue weighted by Crippen LogP contribution is 2.21. The molecule has 1 aliphatic rings. The van der Waals surface area contributed by atoms with E-state index in [1.54, 1.807) is 0 Å². The van der Waals surface area contributed by atoms with Crippen molar-refractivity contribution < 1.29 is 4.39 Å². The van der Waals surface area contributed by atoms with E-state index in [1.807, 2.05) is 0 Å². The van der Waals surface area contributed by atoms with Gasteiger partial charge >= 0.3 is 0 Å². The van der Waals surface area contributed by atoms with Gasteiger partial charge in [0.05, 0.1) is 0 Å². The van der Waals surface area contributed by atoms with Crippen LogP contribution in [-0.2, 0) is 0 Å². The van der Waals surface area contributed by atoms with E-state index in [9.17, 15) is 4.39 Å². The first-order chi connectivity index (χ1) is 5.47. The summed E-state index contributed by atoms with van der Waals surface area (Å²) in [5.74, 6) is 0. The van der Waals surface area contributed by atoms with Crippen molar-refractivity contribution in [3.63, 3.8) is 0 Å². The van der Waals surface area contributed by atoms with Crippen LogP contribution in [0.4, 0.5) is 4.39 Å². The van der Waals surface area contributed by atoms with E-state index in [-0.39, 0.29) is 0 Å². The highest BCUT2D eigenvalue weighted by atomic mass is 19.1. The summed E-state index contributed by atoms with van der Waals surface area (Å²) in [6, 6.07) is 0. The number of likely N-dealkylation sites (tertiary alicyclic amines) is 1. The number of hydrogen-bond donors (Lipinski definition) is 0. The molecule has 1 rings (SSSR count). The predicted octanol–water partition coefficient (Wildman–Crippen LogP) is 2.47. The number of hydrogen-bond acceptors (Lipinski definition) is 1. The standard InChI is InChI=1S/C10H20FN/c1-10(2,3)5-7-12-6-4-9(11)8-12/h9H,4-8H2,1-3H3/t9-/m0/s1. The van der Waals surface area contributed by atoms with Gasteiger partial charge in [0.2, 0.25) is 0 Å². The van der Waals surface area contributed by atoms with Crippen LogP contribution < -0.4 is 0 Å². The van der Waals surface area contributed by atoms with Gasteiger partial charge in [0.1, 0.15) is 6.17 Å². The van der Waals surface area contributed by atoms with Crippen molar-refractivity contribution in [2.75, 3.05) is 19.6 Å². The second-order valence-corrected chi connectivity index (χ2v) is 5.00. The monoisotopic (exact) mass is 173 g/mol. The quantitative estimate of drug-likeness (QED) is 0.620. The molecule has 0 unspecified atom stereocenters. The summed E-state index contributed by atoms with van der Waals surface area (Å²) < 4.78 is 12.8. The lowest BCUT2D eigenvalue weighted by atomic mass is 9.92. The Morgan fingerprint density at radius 2 is 2.08 bits per heavy atom. The zero-order chi connectivity index (χ0) is 9.19. The summed E-state index contributed by atoms with van der Waals surface area (Å²) in [4.78, 5) is 2.23. The topological polar surface area (TPSA) is 3.24 Å². The van der Waals surface area contributed by atoms with Gasteiger partial charge in [0, 0.05) is 13.1 Å². The minimum absolute atomic E-state index is 0.383. The third-order valence-corrected chi connectivity index (χ3v) is 2.39. The van der Waals surface area contributed by atoms with Crippen LogP contribution in [0.25, 0.3) is 0 Å². The highest BCUT2D eigenvalue weighted by Gasteiger charge is 2.22. The van der Waals surface area contributed by atoms with E-state index in [4.69, 9.17) is 0 Å². The van der Waals surface area contributed by atoms with Crippen molar-refractivity contribution in [3.8, 4) is 0 Å². The van der Waals surface area contributed by atoms with Crippen molar-refractivity contribution in [1.29, 1.82) is 0 Å². The number of nitrogens with zero attached hydrogens (tertiary/aromatic N) is 1. The molecule has 0 amide bonds. The molecule has 1 atom stereocenters. The second kappa shape index (κ2) is 3.73. The van der Waals surface area contributed by atoms with Crippen LogP contribution in [0.2, 0.25) is 0 Å². The lowest BCUT2D eigenvalue weighted by molar-refractivity contribution is 0.245. The fourth-order valence-electron chi connectivity index (χ4n) is 1.48. The number of alkyl halides is 1. The van der Waals surface area contributed by atoms with Crippen molar-refractivity contribution in [3.05, 3.63) is 0 Å². The maximum Gasteiger partial charge on any atom is 0.114 e. The average molecular weight is 173 g/mol. The smallest absolute Gasteiger partial charge is 0.114 e. The molecule has 0 aliphatic carbocycles. The second-order valence-electron chi connectivity index (χ2n) is 5.00. The summed E-state index contributed by atoms with van der Waals surface area (Å²) in [5, 5.41) is 0. The predicted molar refractivity (Wildman–Crippen MR) is 50.0 cm³/mol. The highest BCUT2D eigenvalue weighted by molar-refractivity contribution is 4.76. The van der Waals surface area contributed by atoms with Crippen LogP contribution in [-0.4, -0.2) is 30.7 Å². The lowest BCUT2D eigenvalue weighted by Gasteiger charge is -2.22. The van der Waals surface area contributed by atoms with Crippen molar-refractivity contribution in [2.45, 2.75) is 39.8 Å². The molecular formula is C10H20FN. The first-order valence-corrected chi connectivity index (χ1v) is 4.84. The summed E-state index contributed by atoms with van der Waals surface area (Å²) in [7, 11) is 0. The lowest BCUT2D eigenvalue weighted by Crippen LogP contribution is -2.25. The van der Waals surface area contributed by atoms with Gasteiger partial charge in [-0.3, -0.25) is 0 Å². The number of rotatable bonds is 2. The maximum absolute atomic E-state index is 12.8. The van der Waals surface area contributed by atoms with E-state index in [0.29, 0.717) is 12.0 Å². The molecule has 0 bridgehead atoms. The Morgan fingerprint density at radius 3 is 2.50 bits per heavy atom. The fourth-order valence-corrected chi connectivity index (χ4v) is 1.48. The van der Waals surface area contributed by atoms with Crippen LogP contribution in [0.5, 0.6) is 0 Å². The minimum atomic E-state index is -0.565. The van der Waals surface area contributed by atoms with E-state index in [2.05, 4.69) is 25.7 Å². The molecule has 12 heavy (non-hydrogen) atoms. The molecule has 0 saturated carbocycles. The molecule has 1 heterocycles. The van der Waals surface area contributed by atoms with Crippen molar-refractivity contribution >= 4 is 0 Å². The summed E-state index contributed by atoms with van der Waals surface area (Å²) >= 11 is 0. The van der Waals surface area contributed by atoms with Crippen molar-refractivity contribution in [1.82, 2.24) is 4.90 Å². The zero-order valence-electron chi connectivity index (χ0n) is 8.44. The van der Waals surface area contributed by atoms with E-state index >= 15 is 0 Å². The van der Waals surface area contributed by atoms with Crippen LogP contribution in [0.3, 0.4) is 0 Å². The molecular weight excluding hydrogens is 153 g/mol. The molecule has 1 nitrogen and oxygen atoms in total. The van der Waals surface area contributed by atoms with E-state index in [1.165, 1.54) is 6.42 Å². The first kappa shape index (κ1) is 9.97. The van der Waals surface area contributed by atoms with Gasteiger partial charge in [0.15, 0.2) is 0 Å². The van der Waals surface area contributed by atoms with Crippen LogP contribution in [0.15, 0.2) is 0 Å². The van der Waals surface area contributed by atoms with Gasteiger partial charge in [0.25, 0.3) is 0 Å². The molecule has 72 valence electrons. The molecule has 1 fully saturated rings. The van der Waals surface area contributed by atoms with Crippen molar-refractivity contribution in [2.24, 2.45) is 5.41 Å². The molecule has 0 N–H and O–H groups in total. The van der Waals surface area contributed by atoms with E-state index in [0.717, 1.165) is 19.5 Å². The molecule has 1 aliphatic heterocycles. The van der Waals surface area contributed by atoms with Crippen LogP contribution in [0.1, 0.15) is 33.6 Å².